The summed E-state index contributed by atoms with van der Waals surface area (Å²) in [6.07, 6.45) is 2.49. The van der Waals surface area contributed by atoms with Crippen LogP contribution in [-0.4, -0.2) is 47.1 Å². The molecule has 2 aromatic rings. The van der Waals surface area contributed by atoms with Gasteiger partial charge in [-0.05, 0) is 51.0 Å². The van der Waals surface area contributed by atoms with Gasteiger partial charge in [-0.3, -0.25) is 15.0 Å². The number of carbonyl (C=O) groups excluding carboxylic acids is 2. The summed E-state index contributed by atoms with van der Waals surface area (Å²) >= 11 is 0. The van der Waals surface area contributed by atoms with Crippen molar-refractivity contribution in [1.29, 1.82) is 0 Å². The second-order valence-corrected chi connectivity index (χ2v) is 7.53. The first-order valence-corrected chi connectivity index (χ1v) is 9.52. The van der Waals surface area contributed by atoms with Crippen LogP contribution < -0.4 is 20.4 Å². The third-order valence-corrected chi connectivity index (χ3v) is 5.01. The molecule has 0 unspecified atom stereocenters. The van der Waals surface area contributed by atoms with E-state index in [-0.39, 0.29) is 24.0 Å². The standard InChI is InChI=1S/C20H24N6O2/c1-12(2)22-19(27)15-10-13(3)17-18(23-15)26(14-7-9-25(17)11-14)20(28)24-16-6-4-5-8-21-16/h4-6,8,10,12,14H,7,9,11H2,1-3H3,(H,22,27)(H,21,24,28)/t14-/m0/s1. The maximum Gasteiger partial charge on any atom is 0.329 e. The molecular weight excluding hydrogens is 356 g/mol. The Kier molecular flexibility index (Phi) is 4.62. The highest BCUT2D eigenvalue weighted by Gasteiger charge is 2.41. The monoisotopic (exact) mass is 380 g/mol. The van der Waals surface area contributed by atoms with Gasteiger partial charge in [-0.1, -0.05) is 6.07 Å². The lowest BCUT2D eigenvalue weighted by molar-refractivity contribution is 0.0938. The highest BCUT2D eigenvalue weighted by atomic mass is 16.2. The number of hydrogen-bond acceptors (Lipinski definition) is 5. The molecule has 28 heavy (non-hydrogen) atoms. The summed E-state index contributed by atoms with van der Waals surface area (Å²) in [7, 11) is 0. The molecule has 4 rings (SSSR count). The van der Waals surface area contributed by atoms with Crippen molar-refractivity contribution >= 4 is 29.3 Å². The molecule has 2 aliphatic rings. The smallest absolute Gasteiger partial charge is 0.329 e. The number of rotatable bonds is 3. The van der Waals surface area contributed by atoms with Crippen molar-refractivity contribution in [3.05, 3.63) is 41.7 Å². The summed E-state index contributed by atoms with van der Waals surface area (Å²) in [6.45, 7) is 7.40. The number of anilines is 3. The quantitative estimate of drug-likeness (QED) is 0.854. The predicted octanol–water partition coefficient (Wildman–Crippen LogP) is 2.55. The minimum absolute atomic E-state index is 0.00845. The van der Waals surface area contributed by atoms with Crippen LogP contribution in [0.4, 0.5) is 22.1 Å². The summed E-state index contributed by atoms with van der Waals surface area (Å²) in [5.74, 6) is 0.787. The Hall–Kier alpha value is -3.16. The Bertz CT molecular complexity index is 914. The van der Waals surface area contributed by atoms with Gasteiger partial charge in [0.05, 0.1) is 11.7 Å². The third-order valence-electron chi connectivity index (χ3n) is 5.01. The number of amides is 3. The van der Waals surface area contributed by atoms with Gasteiger partial charge in [0.25, 0.3) is 5.91 Å². The fourth-order valence-corrected chi connectivity index (χ4v) is 3.86. The minimum Gasteiger partial charge on any atom is -0.366 e. The average Bonchev–Trinajstić information content (AvgIpc) is 3.05. The highest BCUT2D eigenvalue weighted by molar-refractivity contribution is 6.05. The average molecular weight is 380 g/mol. The van der Waals surface area contributed by atoms with Gasteiger partial charge in [0.1, 0.15) is 11.5 Å². The van der Waals surface area contributed by atoms with E-state index in [4.69, 9.17) is 0 Å². The first-order valence-electron chi connectivity index (χ1n) is 9.52. The molecule has 0 aliphatic carbocycles. The van der Waals surface area contributed by atoms with Crippen LogP contribution in [0.2, 0.25) is 0 Å². The van der Waals surface area contributed by atoms with Gasteiger partial charge in [-0.15, -0.1) is 0 Å². The Morgan fingerprint density at radius 2 is 2.11 bits per heavy atom. The van der Waals surface area contributed by atoms with Crippen LogP contribution in [0.3, 0.4) is 0 Å². The molecule has 2 bridgehead atoms. The molecule has 4 heterocycles. The zero-order valence-electron chi connectivity index (χ0n) is 16.3. The molecule has 1 fully saturated rings. The van der Waals surface area contributed by atoms with Gasteiger partial charge in [-0.25, -0.2) is 14.8 Å². The Morgan fingerprint density at radius 1 is 1.29 bits per heavy atom. The third kappa shape index (κ3) is 3.26. The van der Waals surface area contributed by atoms with Gasteiger partial charge in [0.2, 0.25) is 0 Å². The molecule has 0 aromatic carbocycles. The highest BCUT2D eigenvalue weighted by Crippen LogP contribution is 2.41. The molecule has 146 valence electrons. The number of hydrogen-bond donors (Lipinski definition) is 2. The van der Waals surface area contributed by atoms with Crippen molar-refractivity contribution in [3.8, 4) is 0 Å². The number of pyridine rings is 2. The number of aryl methyl sites for hydroxylation is 1. The largest absolute Gasteiger partial charge is 0.366 e. The van der Waals surface area contributed by atoms with Crippen molar-refractivity contribution in [2.24, 2.45) is 0 Å². The van der Waals surface area contributed by atoms with E-state index in [2.05, 4.69) is 25.5 Å². The van der Waals surface area contributed by atoms with E-state index >= 15 is 0 Å². The summed E-state index contributed by atoms with van der Waals surface area (Å²) in [4.78, 5) is 38.3. The molecule has 2 aromatic heterocycles. The first-order chi connectivity index (χ1) is 13.4. The molecule has 1 atom stereocenters. The van der Waals surface area contributed by atoms with E-state index in [1.807, 2.05) is 26.8 Å². The molecule has 3 amide bonds. The maximum absolute atomic E-state index is 13.1. The second kappa shape index (κ2) is 7.10. The second-order valence-electron chi connectivity index (χ2n) is 7.53. The number of urea groups is 1. The lowest BCUT2D eigenvalue weighted by Gasteiger charge is -2.36. The molecule has 0 spiro atoms. The van der Waals surface area contributed by atoms with Crippen LogP contribution in [0, 0.1) is 6.92 Å². The molecule has 0 saturated carbocycles. The summed E-state index contributed by atoms with van der Waals surface area (Å²) in [6, 6.07) is 6.91. The first kappa shape index (κ1) is 18.2. The Balaban J connectivity index is 1.72. The van der Waals surface area contributed by atoms with Crippen molar-refractivity contribution in [1.82, 2.24) is 15.3 Å². The van der Waals surface area contributed by atoms with Crippen LogP contribution in [0.25, 0.3) is 0 Å². The Labute approximate surface area is 164 Å². The Morgan fingerprint density at radius 3 is 2.82 bits per heavy atom. The lowest BCUT2D eigenvalue weighted by Crippen LogP contribution is -2.49. The zero-order chi connectivity index (χ0) is 19.8. The number of nitrogens with zero attached hydrogens (tertiary/aromatic N) is 4. The topological polar surface area (TPSA) is 90.5 Å². The van der Waals surface area contributed by atoms with Crippen LogP contribution >= 0.6 is 0 Å². The summed E-state index contributed by atoms with van der Waals surface area (Å²) in [5.41, 5.74) is 2.18. The van der Waals surface area contributed by atoms with Crippen LogP contribution in [-0.2, 0) is 0 Å². The van der Waals surface area contributed by atoms with E-state index in [0.29, 0.717) is 17.3 Å². The molecule has 8 nitrogen and oxygen atoms in total. The number of nitrogens with one attached hydrogen (secondary N) is 2. The van der Waals surface area contributed by atoms with Gasteiger partial charge in [0.15, 0.2) is 5.82 Å². The van der Waals surface area contributed by atoms with Crippen molar-refractivity contribution in [2.75, 3.05) is 28.2 Å². The van der Waals surface area contributed by atoms with E-state index in [1.165, 1.54) is 0 Å². The molecular formula is C20H24N6O2. The van der Waals surface area contributed by atoms with Crippen LogP contribution in [0.5, 0.6) is 0 Å². The number of aromatic nitrogens is 2. The predicted molar refractivity (Wildman–Crippen MR) is 108 cm³/mol. The fraction of sp³-hybridized carbons (Fsp3) is 0.400. The zero-order valence-corrected chi connectivity index (χ0v) is 16.3. The molecule has 0 radical (unpaired) electrons. The van der Waals surface area contributed by atoms with Crippen molar-refractivity contribution in [3.63, 3.8) is 0 Å². The summed E-state index contributed by atoms with van der Waals surface area (Å²) < 4.78 is 0. The number of carbonyl (C=O) groups is 2. The van der Waals surface area contributed by atoms with Gasteiger partial charge >= 0.3 is 6.03 Å². The van der Waals surface area contributed by atoms with Gasteiger partial charge in [-0.2, -0.15) is 0 Å². The molecule has 2 N–H and O–H groups in total. The van der Waals surface area contributed by atoms with Crippen molar-refractivity contribution < 1.29 is 9.59 Å². The lowest BCUT2D eigenvalue weighted by atomic mass is 10.1. The minimum atomic E-state index is -0.278. The van der Waals surface area contributed by atoms with Gasteiger partial charge in [0, 0.05) is 25.3 Å². The maximum atomic E-state index is 13.1. The molecule has 2 aliphatic heterocycles. The molecule has 8 heteroatoms. The van der Waals surface area contributed by atoms with E-state index in [0.717, 1.165) is 30.8 Å². The normalized spacial score (nSPS) is 17.5. The fourth-order valence-electron chi connectivity index (χ4n) is 3.86. The van der Waals surface area contributed by atoms with E-state index in [9.17, 15) is 9.59 Å². The van der Waals surface area contributed by atoms with Gasteiger partial charge < -0.3 is 10.2 Å². The van der Waals surface area contributed by atoms with Crippen LogP contribution in [0.1, 0.15) is 36.3 Å². The SMILES string of the molecule is Cc1cc(C(=O)NC(C)C)nc2c1N1CC[C@@H](C1)N2C(=O)Nc1ccccn1. The van der Waals surface area contributed by atoms with Crippen LogP contribution in [0.15, 0.2) is 30.5 Å². The van der Waals surface area contributed by atoms with E-state index < -0.39 is 0 Å². The van der Waals surface area contributed by atoms with Crippen molar-refractivity contribution in [2.45, 2.75) is 39.3 Å². The molecule has 1 saturated heterocycles. The van der Waals surface area contributed by atoms with E-state index in [1.54, 1.807) is 29.3 Å². The number of fused-ring (bicyclic) bond motifs is 4. The summed E-state index contributed by atoms with van der Waals surface area (Å²) in [5, 5.41) is 5.72.